The van der Waals surface area contributed by atoms with E-state index in [4.69, 9.17) is 0 Å². The maximum Gasteiger partial charge on any atom is 0.194 e. The molecule has 0 unspecified atom stereocenters. The van der Waals surface area contributed by atoms with Crippen molar-refractivity contribution in [2.45, 2.75) is 25.9 Å². The van der Waals surface area contributed by atoms with Crippen molar-refractivity contribution >= 4 is 17.7 Å². The molecule has 0 aliphatic carbocycles. The molecular weight excluding hydrogens is 222 g/mol. The van der Waals surface area contributed by atoms with Gasteiger partial charge < -0.3 is 15.3 Å². The van der Waals surface area contributed by atoms with Gasteiger partial charge in [-0.25, -0.2) is 0 Å². The molecular formula is C11H23N3OS. The summed E-state index contributed by atoms with van der Waals surface area (Å²) < 4.78 is 0. The van der Waals surface area contributed by atoms with Crippen LogP contribution >= 0.6 is 11.8 Å². The van der Waals surface area contributed by atoms with Crippen molar-refractivity contribution in [3.05, 3.63) is 0 Å². The van der Waals surface area contributed by atoms with Gasteiger partial charge in [0.25, 0.3) is 0 Å². The summed E-state index contributed by atoms with van der Waals surface area (Å²) in [5.41, 5.74) is 0. The molecule has 94 valence electrons. The number of guanidine groups is 1. The topological polar surface area (TPSA) is 47.9 Å². The number of hydrogen-bond acceptors (Lipinski definition) is 3. The fourth-order valence-corrected chi connectivity index (χ4v) is 2.17. The van der Waals surface area contributed by atoms with Crippen LogP contribution in [0.4, 0.5) is 0 Å². The molecule has 0 aromatic heterocycles. The Hall–Kier alpha value is -0.420. The first-order chi connectivity index (χ1) is 7.77. The number of β-amino-alcohol motifs (C(OH)–C–C–N with tert-alkyl or cyclic N) is 1. The molecule has 4 nitrogen and oxygen atoms in total. The molecule has 2 N–H and O–H groups in total. The molecule has 5 heteroatoms. The highest BCUT2D eigenvalue weighted by Crippen LogP contribution is 2.08. The van der Waals surface area contributed by atoms with Gasteiger partial charge in [-0.3, -0.25) is 4.99 Å². The van der Waals surface area contributed by atoms with E-state index in [1.165, 1.54) is 0 Å². The molecule has 0 saturated carbocycles. The Labute approximate surface area is 103 Å². The average molecular weight is 245 g/mol. The molecule has 1 rings (SSSR count). The minimum absolute atomic E-state index is 0.185. The van der Waals surface area contributed by atoms with Crippen molar-refractivity contribution in [3.63, 3.8) is 0 Å². The highest BCUT2D eigenvalue weighted by Gasteiger charge is 2.22. The van der Waals surface area contributed by atoms with Crippen molar-refractivity contribution < 1.29 is 5.11 Å². The summed E-state index contributed by atoms with van der Waals surface area (Å²) in [6, 6.07) is 0. The fourth-order valence-electron chi connectivity index (χ4n) is 1.75. The number of likely N-dealkylation sites (tertiary alicyclic amines) is 1. The van der Waals surface area contributed by atoms with Gasteiger partial charge in [0.05, 0.1) is 6.10 Å². The Bertz CT molecular complexity index is 223. The number of aliphatic hydroxyl groups is 1. The van der Waals surface area contributed by atoms with E-state index in [2.05, 4.69) is 28.4 Å². The maximum atomic E-state index is 9.50. The van der Waals surface area contributed by atoms with Crippen molar-refractivity contribution in [2.75, 3.05) is 38.2 Å². The Kier molecular flexibility index (Phi) is 6.64. The lowest BCUT2D eigenvalue weighted by atomic mass is 10.3. The predicted molar refractivity (Wildman–Crippen MR) is 71.2 cm³/mol. The Morgan fingerprint density at radius 3 is 3.00 bits per heavy atom. The second-order valence-electron chi connectivity index (χ2n) is 3.97. The van der Waals surface area contributed by atoms with Gasteiger partial charge in [0, 0.05) is 26.2 Å². The summed E-state index contributed by atoms with van der Waals surface area (Å²) in [4.78, 5) is 6.72. The van der Waals surface area contributed by atoms with Crippen molar-refractivity contribution in [1.82, 2.24) is 10.2 Å². The zero-order valence-electron chi connectivity index (χ0n) is 10.3. The molecule has 0 aromatic rings. The second-order valence-corrected chi connectivity index (χ2v) is 4.96. The Morgan fingerprint density at radius 1 is 1.62 bits per heavy atom. The van der Waals surface area contributed by atoms with Crippen LogP contribution in [0.25, 0.3) is 0 Å². The normalized spacial score (nSPS) is 21.6. The van der Waals surface area contributed by atoms with Gasteiger partial charge in [-0.15, -0.1) is 0 Å². The number of nitrogens with zero attached hydrogens (tertiary/aromatic N) is 2. The van der Waals surface area contributed by atoms with Gasteiger partial charge in [-0.1, -0.05) is 0 Å². The average Bonchev–Trinajstić information content (AvgIpc) is 2.69. The standard InChI is InChI=1S/C11H23N3OS/c1-3-12-11(13-6-4-8-16-2)14-7-5-10(15)9-14/h10,15H,3-9H2,1-2H3,(H,12,13)/t10-/m1/s1. The summed E-state index contributed by atoms with van der Waals surface area (Å²) >= 11 is 1.86. The van der Waals surface area contributed by atoms with Crippen LogP contribution < -0.4 is 5.32 Å². The molecule has 1 heterocycles. The first kappa shape index (κ1) is 13.6. The lowest BCUT2D eigenvalue weighted by Gasteiger charge is -2.20. The Balaban J connectivity index is 2.39. The van der Waals surface area contributed by atoms with E-state index in [0.29, 0.717) is 6.54 Å². The van der Waals surface area contributed by atoms with E-state index in [-0.39, 0.29) is 6.10 Å². The zero-order chi connectivity index (χ0) is 11.8. The van der Waals surface area contributed by atoms with E-state index >= 15 is 0 Å². The summed E-state index contributed by atoms with van der Waals surface area (Å²) in [5.74, 6) is 2.12. The third-order valence-electron chi connectivity index (χ3n) is 2.57. The Morgan fingerprint density at radius 2 is 2.44 bits per heavy atom. The molecule has 16 heavy (non-hydrogen) atoms. The van der Waals surface area contributed by atoms with Gasteiger partial charge in [-0.05, 0) is 31.8 Å². The third-order valence-corrected chi connectivity index (χ3v) is 3.26. The van der Waals surface area contributed by atoms with Crippen LogP contribution in [0.2, 0.25) is 0 Å². The molecule has 1 atom stereocenters. The van der Waals surface area contributed by atoms with Crippen LogP contribution in [0, 0.1) is 0 Å². The molecule has 1 fully saturated rings. The third kappa shape index (κ3) is 4.61. The number of thioether (sulfide) groups is 1. The van der Waals surface area contributed by atoms with Gasteiger partial charge >= 0.3 is 0 Å². The number of aliphatic imine (C=N–C) groups is 1. The zero-order valence-corrected chi connectivity index (χ0v) is 11.1. The van der Waals surface area contributed by atoms with Crippen molar-refractivity contribution in [2.24, 2.45) is 4.99 Å². The van der Waals surface area contributed by atoms with Crippen LogP contribution in [0.15, 0.2) is 4.99 Å². The first-order valence-corrected chi connectivity index (χ1v) is 7.37. The summed E-state index contributed by atoms with van der Waals surface area (Å²) in [6.07, 6.45) is 3.91. The first-order valence-electron chi connectivity index (χ1n) is 5.98. The highest BCUT2D eigenvalue weighted by molar-refractivity contribution is 7.98. The largest absolute Gasteiger partial charge is 0.391 e. The molecule has 0 amide bonds. The SMILES string of the molecule is CCNC(=NCCCSC)N1CC[C@@H](O)C1. The second kappa shape index (κ2) is 7.79. The van der Waals surface area contributed by atoms with Crippen LogP contribution in [0.1, 0.15) is 19.8 Å². The summed E-state index contributed by atoms with van der Waals surface area (Å²) in [5, 5.41) is 12.8. The molecule has 1 saturated heterocycles. The maximum absolute atomic E-state index is 9.50. The van der Waals surface area contributed by atoms with Crippen LogP contribution in [-0.2, 0) is 0 Å². The summed E-state index contributed by atoms with van der Waals surface area (Å²) in [6.45, 7) is 5.46. The van der Waals surface area contributed by atoms with Gasteiger partial charge in [0.15, 0.2) is 5.96 Å². The van der Waals surface area contributed by atoms with Crippen LogP contribution in [-0.4, -0.2) is 60.3 Å². The van der Waals surface area contributed by atoms with Crippen LogP contribution in [0.3, 0.4) is 0 Å². The number of rotatable bonds is 5. The number of hydrogen-bond donors (Lipinski definition) is 2. The predicted octanol–water partition coefficient (Wildman–Crippen LogP) is 0.772. The molecule has 0 bridgehead atoms. The summed E-state index contributed by atoms with van der Waals surface area (Å²) in [7, 11) is 0. The van der Waals surface area contributed by atoms with E-state index < -0.39 is 0 Å². The van der Waals surface area contributed by atoms with E-state index in [0.717, 1.165) is 44.2 Å². The molecule has 1 aliphatic rings. The highest BCUT2D eigenvalue weighted by atomic mass is 32.2. The van der Waals surface area contributed by atoms with E-state index in [9.17, 15) is 5.11 Å². The number of nitrogens with one attached hydrogen (secondary N) is 1. The fraction of sp³-hybridized carbons (Fsp3) is 0.909. The van der Waals surface area contributed by atoms with Crippen LogP contribution in [0.5, 0.6) is 0 Å². The lowest BCUT2D eigenvalue weighted by Crippen LogP contribution is -2.40. The van der Waals surface area contributed by atoms with Gasteiger partial charge in [0.1, 0.15) is 0 Å². The quantitative estimate of drug-likeness (QED) is 0.427. The minimum atomic E-state index is -0.185. The molecule has 1 aliphatic heterocycles. The van der Waals surface area contributed by atoms with Crippen molar-refractivity contribution in [3.8, 4) is 0 Å². The molecule has 0 aromatic carbocycles. The van der Waals surface area contributed by atoms with Gasteiger partial charge in [0.2, 0.25) is 0 Å². The van der Waals surface area contributed by atoms with E-state index in [1.807, 2.05) is 11.8 Å². The monoisotopic (exact) mass is 245 g/mol. The number of aliphatic hydroxyl groups excluding tert-OH is 1. The van der Waals surface area contributed by atoms with Gasteiger partial charge in [-0.2, -0.15) is 11.8 Å². The smallest absolute Gasteiger partial charge is 0.194 e. The molecule has 0 radical (unpaired) electrons. The van der Waals surface area contributed by atoms with E-state index in [1.54, 1.807) is 0 Å². The minimum Gasteiger partial charge on any atom is -0.391 e. The molecule has 0 spiro atoms. The van der Waals surface area contributed by atoms with Crippen molar-refractivity contribution in [1.29, 1.82) is 0 Å². The lowest BCUT2D eigenvalue weighted by molar-refractivity contribution is 0.188.